The lowest BCUT2D eigenvalue weighted by molar-refractivity contribution is -0.135. The number of halogens is 1. The Labute approximate surface area is 193 Å². The molecule has 1 unspecified atom stereocenters. The minimum Gasteiger partial charge on any atom is -0.483 e. The van der Waals surface area contributed by atoms with E-state index in [4.69, 9.17) is 30.9 Å². The highest BCUT2D eigenvalue weighted by Crippen LogP contribution is 2.34. The molecule has 4 aromatic rings. The van der Waals surface area contributed by atoms with Gasteiger partial charge in [0.1, 0.15) is 28.8 Å². The van der Waals surface area contributed by atoms with Crippen molar-refractivity contribution in [2.45, 2.75) is 12.5 Å². The van der Waals surface area contributed by atoms with Gasteiger partial charge in [0, 0.05) is 16.8 Å². The van der Waals surface area contributed by atoms with Crippen molar-refractivity contribution < 1.29 is 23.2 Å². The maximum absolute atomic E-state index is 13.1. The van der Waals surface area contributed by atoms with Gasteiger partial charge in [0.05, 0.1) is 11.8 Å². The monoisotopic (exact) mass is 463 g/mol. The van der Waals surface area contributed by atoms with Crippen LogP contribution < -0.4 is 10.5 Å². The molecule has 1 atom stereocenters. The number of rotatable bonds is 6. The Morgan fingerprint density at radius 3 is 2.76 bits per heavy atom. The summed E-state index contributed by atoms with van der Waals surface area (Å²) in [7, 11) is 0. The number of carbonyl (C=O) groups is 2. The summed E-state index contributed by atoms with van der Waals surface area (Å²) in [4.78, 5) is 24.8. The summed E-state index contributed by atoms with van der Waals surface area (Å²) in [5.41, 5.74) is 6.84. The summed E-state index contributed by atoms with van der Waals surface area (Å²) >= 11 is 5.93. The van der Waals surface area contributed by atoms with Crippen LogP contribution in [0.1, 0.15) is 34.3 Å². The number of hydrogen-bond donors (Lipinski definition) is 1. The molecule has 2 aromatic carbocycles. The quantitative estimate of drug-likeness (QED) is 0.451. The summed E-state index contributed by atoms with van der Waals surface area (Å²) < 4.78 is 17.1. The van der Waals surface area contributed by atoms with Crippen molar-refractivity contribution >= 4 is 40.1 Å². The van der Waals surface area contributed by atoms with Crippen LogP contribution in [0, 0.1) is 0 Å². The Bertz CT molecular complexity index is 1340. The standard InChI is InChI=1S/C24H18ClN3O5/c25-15-7-8-20(16(11-15)24(26)30)32-13-23(29)28-18(21-6-3-9-31-21)12-17(27-28)22-10-14-4-1-2-5-19(14)33-22/h1-11,18H,12-13H2,(H2,26,30). The molecular weight excluding hydrogens is 446 g/mol. The molecule has 33 heavy (non-hydrogen) atoms. The minimum absolute atomic E-state index is 0.0887. The second-order valence-electron chi connectivity index (χ2n) is 7.46. The minimum atomic E-state index is -0.709. The first-order valence-electron chi connectivity index (χ1n) is 10.1. The summed E-state index contributed by atoms with van der Waals surface area (Å²) in [6.07, 6.45) is 1.95. The van der Waals surface area contributed by atoms with Crippen LogP contribution in [0.5, 0.6) is 5.75 Å². The number of hydrogen-bond acceptors (Lipinski definition) is 6. The van der Waals surface area contributed by atoms with Crippen LogP contribution >= 0.6 is 11.6 Å². The van der Waals surface area contributed by atoms with E-state index >= 15 is 0 Å². The van der Waals surface area contributed by atoms with Crippen molar-refractivity contribution in [2.24, 2.45) is 10.8 Å². The first kappa shape index (κ1) is 20.8. The molecule has 1 aliphatic heterocycles. The number of furan rings is 2. The van der Waals surface area contributed by atoms with E-state index in [0.29, 0.717) is 28.7 Å². The van der Waals surface area contributed by atoms with Gasteiger partial charge in [-0.05, 0) is 42.5 Å². The van der Waals surface area contributed by atoms with Crippen molar-refractivity contribution in [2.75, 3.05) is 6.61 Å². The van der Waals surface area contributed by atoms with E-state index in [0.717, 1.165) is 11.0 Å². The second kappa shape index (κ2) is 8.48. The largest absolute Gasteiger partial charge is 0.483 e. The highest BCUT2D eigenvalue weighted by atomic mass is 35.5. The zero-order chi connectivity index (χ0) is 22.9. The van der Waals surface area contributed by atoms with Gasteiger partial charge in [-0.15, -0.1) is 0 Å². The van der Waals surface area contributed by atoms with Crippen molar-refractivity contribution in [3.8, 4) is 5.75 Å². The van der Waals surface area contributed by atoms with Gasteiger partial charge >= 0.3 is 0 Å². The maximum Gasteiger partial charge on any atom is 0.281 e. The lowest BCUT2D eigenvalue weighted by Gasteiger charge is -2.20. The van der Waals surface area contributed by atoms with E-state index in [1.165, 1.54) is 17.1 Å². The molecule has 0 bridgehead atoms. The Balaban J connectivity index is 1.41. The van der Waals surface area contributed by atoms with E-state index in [1.807, 2.05) is 30.3 Å². The molecule has 166 valence electrons. The molecule has 1 aliphatic rings. The number of nitrogens with two attached hydrogens (primary N) is 1. The van der Waals surface area contributed by atoms with Gasteiger partial charge in [-0.25, -0.2) is 5.01 Å². The predicted octanol–water partition coefficient (Wildman–Crippen LogP) is 4.53. The van der Waals surface area contributed by atoms with Crippen LogP contribution in [-0.4, -0.2) is 29.1 Å². The Morgan fingerprint density at radius 2 is 2.00 bits per heavy atom. The fourth-order valence-corrected chi connectivity index (χ4v) is 3.91. The van der Waals surface area contributed by atoms with Gasteiger partial charge in [-0.1, -0.05) is 29.8 Å². The van der Waals surface area contributed by atoms with E-state index in [9.17, 15) is 9.59 Å². The van der Waals surface area contributed by atoms with Crippen LogP contribution in [0.2, 0.25) is 5.02 Å². The highest BCUT2D eigenvalue weighted by Gasteiger charge is 2.36. The molecule has 0 aliphatic carbocycles. The Morgan fingerprint density at radius 1 is 1.15 bits per heavy atom. The topological polar surface area (TPSA) is 111 Å². The average molecular weight is 464 g/mol. The summed E-state index contributed by atoms with van der Waals surface area (Å²) in [5.74, 6) is 0.198. The summed E-state index contributed by atoms with van der Waals surface area (Å²) in [6.45, 7) is -0.365. The van der Waals surface area contributed by atoms with E-state index in [2.05, 4.69) is 5.10 Å². The van der Waals surface area contributed by atoms with Gasteiger partial charge in [0.15, 0.2) is 12.4 Å². The molecular formula is C24H18ClN3O5. The lowest BCUT2D eigenvalue weighted by Crippen LogP contribution is -2.31. The number of primary amides is 1. The molecule has 2 aromatic heterocycles. The normalized spacial score (nSPS) is 15.6. The van der Waals surface area contributed by atoms with E-state index in [-0.39, 0.29) is 17.9 Å². The summed E-state index contributed by atoms with van der Waals surface area (Å²) in [6, 6.07) is 17.0. The number of ether oxygens (including phenoxy) is 1. The smallest absolute Gasteiger partial charge is 0.281 e. The number of amides is 2. The maximum atomic E-state index is 13.1. The van der Waals surface area contributed by atoms with Crippen molar-refractivity contribution in [3.05, 3.63) is 89.0 Å². The zero-order valence-electron chi connectivity index (χ0n) is 17.2. The van der Waals surface area contributed by atoms with Crippen molar-refractivity contribution in [1.29, 1.82) is 0 Å². The first-order chi connectivity index (χ1) is 16.0. The number of nitrogens with zero attached hydrogens (tertiary/aromatic N) is 2. The molecule has 0 radical (unpaired) electrons. The van der Waals surface area contributed by atoms with Crippen LogP contribution in [-0.2, 0) is 4.79 Å². The molecule has 2 N–H and O–H groups in total. The zero-order valence-corrected chi connectivity index (χ0v) is 18.0. The Kier molecular flexibility index (Phi) is 5.35. The van der Waals surface area contributed by atoms with Crippen molar-refractivity contribution in [3.63, 3.8) is 0 Å². The molecule has 0 spiro atoms. The van der Waals surface area contributed by atoms with Crippen LogP contribution in [0.15, 0.2) is 80.9 Å². The van der Waals surface area contributed by atoms with Gasteiger partial charge in [-0.2, -0.15) is 5.10 Å². The Hall–Kier alpha value is -4.04. The molecule has 5 rings (SSSR count). The van der Waals surface area contributed by atoms with Crippen LogP contribution in [0.3, 0.4) is 0 Å². The average Bonchev–Trinajstić information content (AvgIpc) is 3.56. The van der Waals surface area contributed by atoms with Crippen LogP contribution in [0.4, 0.5) is 0 Å². The fraction of sp³-hybridized carbons (Fsp3) is 0.125. The lowest BCUT2D eigenvalue weighted by atomic mass is 10.1. The SMILES string of the molecule is NC(=O)c1cc(Cl)ccc1OCC(=O)N1N=C(c2cc3ccccc3o2)CC1c1ccco1. The third-order valence-electron chi connectivity index (χ3n) is 5.31. The van der Waals surface area contributed by atoms with Gasteiger partial charge in [0.25, 0.3) is 11.8 Å². The number of fused-ring (bicyclic) bond motifs is 1. The second-order valence-corrected chi connectivity index (χ2v) is 7.90. The third kappa shape index (κ3) is 4.08. The number of benzene rings is 2. The molecule has 3 heterocycles. The van der Waals surface area contributed by atoms with Gasteiger partial charge in [-0.3, -0.25) is 9.59 Å². The number of para-hydroxylation sites is 1. The molecule has 0 saturated heterocycles. The molecule has 9 heteroatoms. The predicted molar refractivity (Wildman–Crippen MR) is 121 cm³/mol. The van der Waals surface area contributed by atoms with E-state index in [1.54, 1.807) is 24.5 Å². The molecule has 8 nitrogen and oxygen atoms in total. The first-order valence-corrected chi connectivity index (χ1v) is 10.5. The van der Waals surface area contributed by atoms with Crippen molar-refractivity contribution in [1.82, 2.24) is 5.01 Å². The molecule has 0 saturated carbocycles. The molecule has 0 fully saturated rings. The number of hydrazone groups is 1. The van der Waals surface area contributed by atoms with Crippen LogP contribution in [0.25, 0.3) is 11.0 Å². The third-order valence-corrected chi connectivity index (χ3v) is 5.54. The number of carbonyl (C=O) groups excluding carboxylic acids is 2. The van der Waals surface area contributed by atoms with E-state index < -0.39 is 17.9 Å². The van der Waals surface area contributed by atoms with Gasteiger partial charge < -0.3 is 19.3 Å². The fourth-order valence-electron chi connectivity index (χ4n) is 3.74. The van der Waals surface area contributed by atoms with Gasteiger partial charge in [0.2, 0.25) is 0 Å². The molecule has 2 amide bonds. The highest BCUT2D eigenvalue weighted by molar-refractivity contribution is 6.31. The summed E-state index contributed by atoms with van der Waals surface area (Å²) in [5, 5.41) is 7.13.